The fourth-order valence-electron chi connectivity index (χ4n) is 7.00. The summed E-state index contributed by atoms with van der Waals surface area (Å²) >= 11 is 0. The Morgan fingerprint density at radius 3 is 0.883 bits per heavy atom. The summed E-state index contributed by atoms with van der Waals surface area (Å²) in [5.41, 5.74) is 0. The van der Waals surface area contributed by atoms with Crippen molar-refractivity contribution in [2.45, 2.75) is 207 Å². The number of rotatable bonds is 50. The molecule has 1 unspecified atom stereocenters. The first-order valence-corrected chi connectivity index (χ1v) is 29.6. The van der Waals surface area contributed by atoms with Crippen LogP contribution in [0.15, 0.2) is 207 Å². The van der Waals surface area contributed by atoms with E-state index < -0.39 is 18.0 Å². The molecule has 0 aromatic carbocycles. The van der Waals surface area contributed by atoms with Crippen LogP contribution < -0.4 is 0 Å². The van der Waals surface area contributed by atoms with E-state index in [1.807, 2.05) is 6.08 Å². The van der Waals surface area contributed by atoms with Crippen LogP contribution in [0.25, 0.3) is 0 Å². The maximum atomic E-state index is 12.8. The summed E-state index contributed by atoms with van der Waals surface area (Å²) < 4.78 is 16.7. The van der Waals surface area contributed by atoms with Crippen LogP contribution in [-0.4, -0.2) is 37.2 Å². The minimum absolute atomic E-state index is 0.0990. The van der Waals surface area contributed by atoms with E-state index in [2.05, 4.69) is 215 Å². The summed E-state index contributed by atoms with van der Waals surface area (Å²) in [4.78, 5) is 38.1. The first kappa shape index (κ1) is 71.0. The largest absolute Gasteiger partial charge is 0.462 e. The molecule has 77 heavy (non-hydrogen) atoms. The Kier molecular flexibility index (Phi) is 57.6. The third-order valence-corrected chi connectivity index (χ3v) is 11.3. The van der Waals surface area contributed by atoms with Crippen LogP contribution in [0.2, 0.25) is 0 Å². The zero-order chi connectivity index (χ0) is 55.7. The monoisotopic (exact) mass is 1050 g/mol. The second kappa shape index (κ2) is 62.5. The molecule has 0 bridgehead atoms. The van der Waals surface area contributed by atoms with Crippen LogP contribution in [0.4, 0.5) is 0 Å². The van der Waals surface area contributed by atoms with E-state index in [-0.39, 0.29) is 32.0 Å². The average Bonchev–Trinajstić information content (AvgIpc) is 3.43. The average molecular weight is 1050 g/mol. The van der Waals surface area contributed by atoms with Gasteiger partial charge in [-0.25, -0.2) is 0 Å². The van der Waals surface area contributed by atoms with E-state index in [0.29, 0.717) is 19.3 Å². The molecule has 0 aromatic heterocycles. The second-order valence-corrected chi connectivity index (χ2v) is 18.4. The fourth-order valence-corrected chi connectivity index (χ4v) is 7.00. The molecule has 424 valence electrons. The molecule has 0 fully saturated rings. The van der Waals surface area contributed by atoms with Crippen LogP contribution in [0, 0.1) is 0 Å². The molecule has 0 spiro atoms. The molecule has 0 aliphatic heterocycles. The summed E-state index contributed by atoms with van der Waals surface area (Å²) in [5, 5.41) is 0. The van der Waals surface area contributed by atoms with E-state index >= 15 is 0 Å². The summed E-state index contributed by atoms with van der Waals surface area (Å²) in [7, 11) is 0. The number of hydrogen-bond donors (Lipinski definition) is 0. The highest BCUT2D eigenvalue weighted by Gasteiger charge is 2.19. The van der Waals surface area contributed by atoms with Crippen molar-refractivity contribution >= 4 is 17.9 Å². The second-order valence-electron chi connectivity index (χ2n) is 18.4. The number of hydrogen-bond acceptors (Lipinski definition) is 6. The van der Waals surface area contributed by atoms with Gasteiger partial charge in [0.25, 0.3) is 0 Å². The third-order valence-electron chi connectivity index (χ3n) is 11.3. The molecule has 0 aliphatic rings. The van der Waals surface area contributed by atoms with Crippen LogP contribution >= 0.6 is 0 Å². The Bertz CT molecular complexity index is 1930. The predicted octanol–water partition coefficient (Wildman–Crippen LogP) is 20.4. The van der Waals surface area contributed by atoms with Crippen molar-refractivity contribution in [1.82, 2.24) is 0 Å². The van der Waals surface area contributed by atoms with E-state index in [0.717, 1.165) is 148 Å². The highest BCUT2D eigenvalue weighted by Crippen LogP contribution is 2.11. The third kappa shape index (κ3) is 60.7. The zero-order valence-corrected chi connectivity index (χ0v) is 48.4. The summed E-state index contributed by atoms with van der Waals surface area (Å²) in [6, 6.07) is 0. The molecular weight excluding hydrogens is 949 g/mol. The summed E-state index contributed by atoms with van der Waals surface area (Å²) in [6.45, 7) is 6.11. The lowest BCUT2D eigenvalue weighted by Crippen LogP contribution is -2.30. The maximum absolute atomic E-state index is 12.8. The molecular formula is C71H104O6. The van der Waals surface area contributed by atoms with Crippen LogP contribution in [-0.2, 0) is 28.6 Å². The first-order chi connectivity index (χ1) is 38.0. The van der Waals surface area contributed by atoms with Gasteiger partial charge in [0.15, 0.2) is 6.10 Å². The molecule has 1 atom stereocenters. The van der Waals surface area contributed by atoms with Gasteiger partial charge in [0.05, 0.1) is 6.42 Å². The highest BCUT2D eigenvalue weighted by molar-refractivity contribution is 5.72. The Hall–Kier alpha value is -6.01. The molecule has 0 heterocycles. The van der Waals surface area contributed by atoms with Gasteiger partial charge in [0, 0.05) is 12.8 Å². The molecule has 0 radical (unpaired) electrons. The quantitative estimate of drug-likeness (QED) is 0.0261. The number of ether oxygens (including phenoxy) is 3. The summed E-state index contributed by atoms with van der Waals surface area (Å²) in [6.07, 6.45) is 97.1. The molecule has 0 N–H and O–H groups in total. The normalized spacial score (nSPS) is 13.6. The molecule has 0 amide bonds. The molecule has 6 nitrogen and oxygen atoms in total. The highest BCUT2D eigenvalue weighted by atomic mass is 16.6. The molecule has 0 saturated carbocycles. The van der Waals surface area contributed by atoms with Crippen molar-refractivity contribution in [3.63, 3.8) is 0 Å². The smallest absolute Gasteiger partial charge is 0.309 e. The van der Waals surface area contributed by atoms with Gasteiger partial charge < -0.3 is 14.2 Å². The van der Waals surface area contributed by atoms with Crippen molar-refractivity contribution in [2.75, 3.05) is 13.2 Å². The van der Waals surface area contributed by atoms with Gasteiger partial charge in [0.1, 0.15) is 13.2 Å². The van der Waals surface area contributed by atoms with E-state index in [1.165, 1.54) is 0 Å². The van der Waals surface area contributed by atoms with Crippen LogP contribution in [0.1, 0.15) is 201 Å². The number of carbonyl (C=O) groups excluding carboxylic acids is 3. The lowest BCUT2D eigenvalue weighted by molar-refractivity contribution is -0.166. The van der Waals surface area contributed by atoms with Crippen molar-refractivity contribution < 1.29 is 28.6 Å². The number of unbranched alkanes of at least 4 members (excludes halogenated alkanes) is 6. The minimum atomic E-state index is -0.870. The van der Waals surface area contributed by atoms with Crippen molar-refractivity contribution in [2.24, 2.45) is 0 Å². The first-order valence-electron chi connectivity index (χ1n) is 29.6. The molecule has 0 aromatic rings. The topological polar surface area (TPSA) is 78.9 Å². The van der Waals surface area contributed by atoms with Gasteiger partial charge in [-0.1, -0.05) is 247 Å². The summed E-state index contributed by atoms with van der Waals surface area (Å²) in [5.74, 6) is -1.18. The number of allylic oxidation sites excluding steroid dienone is 33. The maximum Gasteiger partial charge on any atom is 0.309 e. The number of carbonyl (C=O) groups is 3. The minimum Gasteiger partial charge on any atom is -0.462 e. The van der Waals surface area contributed by atoms with Gasteiger partial charge in [0.2, 0.25) is 0 Å². The van der Waals surface area contributed by atoms with Gasteiger partial charge >= 0.3 is 17.9 Å². The van der Waals surface area contributed by atoms with Crippen LogP contribution in [0.5, 0.6) is 0 Å². The van der Waals surface area contributed by atoms with E-state index in [9.17, 15) is 14.4 Å². The van der Waals surface area contributed by atoms with Gasteiger partial charge in [-0.05, 0) is 141 Å². The fraction of sp³-hybridized carbons (Fsp3) is 0.479. The van der Waals surface area contributed by atoms with Crippen molar-refractivity contribution in [3.8, 4) is 0 Å². The van der Waals surface area contributed by atoms with Gasteiger partial charge in [-0.15, -0.1) is 0 Å². The molecule has 0 aliphatic carbocycles. The Morgan fingerprint density at radius 2 is 0.532 bits per heavy atom. The van der Waals surface area contributed by atoms with Crippen LogP contribution in [0.3, 0.4) is 0 Å². The van der Waals surface area contributed by atoms with Gasteiger partial charge in [-0.2, -0.15) is 0 Å². The zero-order valence-electron chi connectivity index (χ0n) is 48.4. The Morgan fingerprint density at radius 1 is 0.273 bits per heavy atom. The Balaban J connectivity index is 4.59. The van der Waals surface area contributed by atoms with E-state index in [1.54, 1.807) is 6.08 Å². The lowest BCUT2D eigenvalue weighted by Gasteiger charge is -2.18. The molecule has 6 heteroatoms. The molecule has 0 saturated heterocycles. The SMILES string of the molecule is CC/C=C\C/C=C\C/C=C\C/C=C\C/C=C\C/C=C\C/C=C\CCCCCCCC(=O)OCC(COC(=O)C/C=C\C/C=C\C/C=C\C/C=C\C/C=C\CC)OC(=O)CCC/C=C\C/C=C\C/C=C\C/C=C\C/C=C\CC. The standard InChI is InChI=1S/C71H104O6/c1-4-7-10-13-16-19-22-25-28-30-31-32-33-34-35-36-37-38-39-41-43-46-49-52-55-58-61-64-70(73)76-67-68(66-75-69(72)63-60-57-54-51-48-45-42-27-24-21-18-15-12-9-6-3)77-71(74)65-62-59-56-53-50-47-44-40-29-26-23-20-17-14-11-8-5-2/h7-12,16-21,25-29,31-32,34-35,37-38,41-44,47-48,51,53,56-57,60,68H,4-6,13-15,22-24,30,33,36,39-40,45-46,49-50,52,54-55,58-59,61-67H2,1-3H3/b10-7-,11-8-,12-9-,19-16-,20-17-,21-18-,28-25-,29-26-,32-31-,35-34-,38-37-,42-27-,43-41-,47-44-,51-48-,56-53-,60-57-. The predicted molar refractivity (Wildman–Crippen MR) is 333 cm³/mol. The number of esters is 3. The van der Waals surface area contributed by atoms with E-state index in [4.69, 9.17) is 14.2 Å². The Labute approximate surface area is 470 Å². The van der Waals surface area contributed by atoms with Gasteiger partial charge in [-0.3, -0.25) is 14.4 Å². The van der Waals surface area contributed by atoms with Crippen molar-refractivity contribution in [3.05, 3.63) is 207 Å². The van der Waals surface area contributed by atoms with Crippen molar-refractivity contribution in [1.29, 1.82) is 0 Å². The molecule has 0 rings (SSSR count). The lowest BCUT2D eigenvalue weighted by atomic mass is 10.1.